The minimum Gasteiger partial charge on any atom is -0.481 e. The molecule has 0 aliphatic carbocycles. The molecule has 0 spiro atoms. The molecule has 0 aromatic heterocycles. The average molecular weight is 145 g/mol. The highest BCUT2D eigenvalue weighted by atomic mass is 16.5. The quantitative estimate of drug-likeness (QED) is 0.569. The molecule has 0 rings (SSSR count). The molecular weight excluding hydrogens is 132 g/mol. The van der Waals surface area contributed by atoms with E-state index in [0.29, 0.717) is 13.0 Å². The summed E-state index contributed by atoms with van der Waals surface area (Å²) in [7, 11) is 1.64. The standard InChI is InChI=1S/C7H13O3/c1-10-6-4-2-3-5-7(8)9/h5H,2-4,6H2,1H3,(H,8,9). The van der Waals surface area contributed by atoms with Gasteiger partial charge in [0.25, 0.3) is 0 Å². The van der Waals surface area contributed by atoms with E-state index >= 15 is 0 Å². The molecule has 1 N–H and O–H groups in total. The van der Waals surface area contributed by atoms with Crippen LogP contribution in [0.25, 0.3) is 0 Å². The number of carboxylic acids is 1. The van der Waals surface area contributed by atoms with Crippen molar-refractivity contribution in [2.24, 2.45) is 0 Å². The zero-order valence-electron chi connectivity index (χ0n) is 6.17. The van der Waals surface area contributed by atoms with Crippen LogP contribution in [0.2, 0.25) is 0 Å². The summed E-state index contributed by atoms with van der Waals surface area (Å²) < 4.78 is 4.79. The van der Waals surface area contributed by atoms with Gasteiger partial charge < -0.3 is 9.84 Å². The van der Waals surface area contributed by atoms with Gasteiger partial charge in [0.2, 0.25) is 0 Å². The van der Waals surface area contributed by atoms with E-state index in [4.69, 9.17) is 9.84 Å². The van der Waals surface area contributed by atoms with Crippen LogP contribution >= 0.6 is 0 Å². The number of methoxy groups -OCH3 is 1. The fourth-order valence-electron chi connectivity index (χ4n) is 0.616. The fraction of sp³-hybridized carbons (Fsp3) is 0.714. The summed E-state index contributed by atoms with van der Waals surface area (Å²) in [5.74, 6) is -0.836. The molecule has 0 atom stereocenters. The summed E-state index contributed by atoms with van der Waals surface area (Å²) in [5.41, 5.74) is 0. The fourth-order valence-corrected chi connectivity index (χ4v) is 0.616. The van der Waals surface area contributed by atoms with Crippen LogP contribution in [0.3, 0.4) is 0 Å². The predicted molar refractivity (Wildman–Crippen MR) is 37.7 cm³/mol. The SMILES string of the molecule is COCCCC[CH]C(=O)O. The lowest BCUT2D eigenvalue weighted by Crippen LogP contribution is -1.96. The maximum Gasteiger partial charge on any atom is 0.307 e. The van der Waals surface area contributed by atoms with Gasteiger partial charge in [-0.25, -0.2) is 0 Å². The van der Waals surface area contributed by atoms with Gasteiger partial charge in [-0.2, -0.15) is 0 Å². The molecule has 0 saturated heterocycles. The number of carboxylic acid groups (broad SMARTS) is 1. The summed E-state index contributed by atoms with van der Waals surface area (Å²) in [5, 5.41) is 8.18. The Bertz CT molecular complexity index is 90.9. The van der Waals surface area contributed by atoms with Crippen LogP contribution < -0.4 is 0 Å². The Balaban J connectivity index is 2.84. The maximum atomic E-state index is 9.95. The molecule has 0 amide bonds. The lowest BCUT2D eigenvalue weighted by Gasteiger charge is -1.96. The van der Waals surface area contributed by atoms with Crippen molar-refractivity contribution in [1.82, 2.24) is 0 Å². The lowest BCUT2D eigenvalue weighted by atomic mass is 10.2. The van der Waals surface area contributed by atoms with Crippen LogP contribution in [0.5, 0.6) is 0 Å². The Labute approximate surface area is 61.0 Å². The highest BCUT2D eigenvalue weighted by molar-refractivity contribution is 5.76. The van der Waals surface area contributed by atoms with Crippen molar-refractivity contribution in [3.8, 4) is 0 Å². The number of carbonyl (C=O) groups is 1. The smallest absolute Gasteiger partial charge is 0.307 e. The predicted octanol–water partition coefficient (Wildman–Crippen LogP) is 1.09. The Kier molecular flexibility index (Phi) is 6.18. The van der Waals surface area contributed by atoms with Gasteiger partial charge in [-0.3, -0.25) is 4.79 Å². The number of aliphatic carboxylic acids is 1. The van der Waals surface area contributed by atoms with Crippen LogP contribution in [0.15, 0.2) is 0 Å². The average Bonchev–Trinajstić information content (AvgIpc) is 1.87. The molecule has 0 unspecified atom stereocenters. The summed E-state index contributed by atoms with van der Waals surface area (Å²) >= 11 is 0. The third-order valence-corrected chi connectivity index (χ3v) is 1.12. The van der Waals surface area contributed by atoms with Crippen LogP contribution in [0.1, 0.15) is 19.3 Å². The second kappa shape index (κ2) is 6.55. The number of hydrogen-bond donors (Lipinski definition) is 1. The second-order valence-electron chi connectivity index (χ2n) is 2.03. The zero-order chi connectivity index (χ0) is 7.82. The van der Waals surface area contributed by atoms with Crippen molar-refractivity contribution in [3.63, 3.8) is 0 Å². The Morgan fingerprint density at radius 1 is 1.60 bits per heavy atom. The first-order chi connectivity index (χ1) is 4.77. The van der Waals surface area contributed by atoms with Crippen molar-refractivity contribution in [2.45, 2.75) is 19.3 Å². The molecule has 0 fully saturated rings. The molecule has 59 valence electrons. The third-order valence-electron chi connectivity index (χ3n) is 1.12. The first-order valence-electron chi connectivity index (χ1n) is 3.32. The van der Waals surface area contributed by atoms with E-state index < -0.39 is 5.97 Å². The number of ether oxygens (including phenoxy) is 1. The van der Waals surface area contributed by atoms with Crippen molar-refractivity contribution in [1.29, 1.82) is 0 Å². The third kappa shape index (κ3) is 7.43. The highest BCUT2D eigenvalue weighted by Crippen LogP contribution is 1.97. The molecule has 0 aromatic carbocycles. The van der Waals surface area contributed by atoms with Gasteiger partial charge in [-0.15, -0.1) is 0 Å². The molecule has 3 heteroatoms. The lowest BCUT2D eigenvalue weighted by molar-refractivity contribution is -0.133. The van der Waals surface area contributed by atoms with Gasteiger partial charge in [0, 0.05) is 13.7 Å². The van der Waals surface area contributed by atoms with Crippen LogP contribution in [-0.2, 0) is 9.53 Å². The van der Waals surface area contributed by atoms with E-state index in [1.165, 1.54) is 6.42 Å². The number of rotatable bonds is 6. The van der Waals surface area contributed by atoms with Gasteiger partial charge in [-0.05, 0) is 12.8 Å². The summed E-state index contributed by atoms with van der Waals surface area (Å²) in [6.45, 7) is 0.716. The molecular formula is C7H13O3. The first-order valence-corrected chi connectivity index (χ1v) is 3.32. The summed E-state index contributed by atoms with van der Waals surface area (Å²) in [4.78, 5) is 9.95. The van der Waals surface area contributed by atoms with E-state index in [1.807, 2.05) is 0 Å². The number of unbranched alkanes of at least 4 members (excludes halogenated alkanes) is 2. The van der Waals surface area contributed by atoms with Crippen molar-refractivity contribution < 1.29 is 14.6 Å². The van der Waals surface area contributed by atoms with Crippen LogP contribution in [0, 0.1) is 6.42 Å². The van der Waals surface area contributed by atoms with Gasteiger partial charge in [-0.1, -0.05) is 6.42 Å². The Hall–Kier alpha value is -0.570. The zero-order valence-corrected chi connectivity index (χ0v) is 6.17. The summed E-state index contributed by atoms with van der Waals surface area (Å²) in [6, 6.07) is 0. The van der Waals surface area contributed by atoms with Gasteiger partial charge in [0.1, 0.15) is 0 Å². The molecule has 0 aliphatic rings. The van der Waals surface area contributed by atoms with Gasteiger partial charge in [0.05, 0.1) is 6.42 Å². The van der Waals surface area contributed by atoms with Crippen LogP contribution in [-0.4, -0.2) is 24.8 Å². The topological polar surface area (TPSA) is 46.5 Å². The second-order valence-corrected chi connectivity index (χ2v) is 2.03. The Morgan fingerprint density at radius 2 is 2.30 bits per heavy atom. The molecule has 0 heterocycles. The molecule has 0 saturated carbocycles. The number of hydrogen-bond acceptors (Lipinski definition) is 2. The molecule has 1 radical (unpaired) electrons. The molecule has 10 heavy (non-hydrogen) atoms. The highest BCUT2D eigenvalue weighted by Gasteiger charge is 1.95. The minimum atomic E-state index is -0.836. The summed E-state index contributed by atoms with van der Waals surface area (Å²) in [6.07, 6.45) is 3.73. The van der Waals surface area contributed by atoms with Crippen molar-refractivity contribution in [2.75, 3.05) is 13.7 Å². The van der Waals surface area contributed by atoms with E-state index in [2.05, 4.69) is 0 Å². The van der Waals surface area contributed by atoms with E-state index in [1.54, 1.807) is 7.11 Å². The molecule has 3 nitrogen and oxygen atoms in total. The molecule has 0 aromatic rings. The largest absolute Gasteiger partial charge is 0.481 e. The Morgan fingerprint density at radius 3 is 2.80 bits per heavy atom. The molecule has 0 bridgehead atoms. The van der Waals surface area contributed by atoms with E-state index in [0.717, 1.165) is 12.8 Å². The minimum absolute atomic E-state index is 0.638. The van der Waals surface area contributed by atoms with Crippen molar-refractivity contribution in [3.05, 3.63) is 6.42 Å². The van der Waals surface area contributed by atoms with Crippen LogP contribution in [0.4, 0.5) is 0 Å². The van der Waals surface area contributed by atoms with E-state index in [-0.39, 0.29) is 0 Å². The normalized spacial score (nSPS) is 9.70. The maximum absolute atomic E-state index is 9.95. The van der Waals surface area contributed by atoms with Gasteiger partial charge in [0.15, 0.2) is 0 Å². The monoisotopic (exact) mass is 145 g/mol. The van der Waals surface area contributed by atoms with Gasteiger partial charge >= 0.3 is 5.97 Å². The molecule has 0 aliphatic heterocycles. The van der Waals surface area contributed by atoms with Crippen molar-refractivity contribution >= 4 is 5.97 Å². The van der Waals surface area contributed by atoms with E-state index in [9.17, 15) is 4.79 Å². The first kappa shape index (κ1) is 9.43.